The number of hydrogen-bond donors (Lipinski definition) is 2. The van der Waals surface area contributed by atoms with Crippen LogP contribution in [-0.4, -0.2) is 29.0 Å². The van der Waals surface area contributed by atoms with Crippen molar-refractivity contribution in [2.45, 2.75) is 18.9 Å². The van der Waals surface area contributed by atoms with Gasteiger partial charge in [0.15, 0.2) is 5.13 Å². The van der Waals surface area contributed by atoms with Gasteiger partial charge in [0, 0.05) is 24.7 Å². The number of nitro groups is 1. The highest BCUT2D eigenvalue weighted by atomic mass is 35.5. The van der Waals surface area contributed by atoms with Crippen molar-refractivity contribution in [3.63, 3.8) is 0 Å². The molecule has 1 unspecified atom stereocenters. The van der Waals surface area contributed by atoms with E-state index in [1.807, 2.05) is 0 Å². The number of anilines is 1. The number of piperidine rings is 1. The fraction of sp³-hybridized carbons (Fsp3) is 0.417. The molecule has 0 amide bonds. The average Bonchev–Trinajstić information content (AvgIpc) is 2.80. The van der Waals surface area contributed by atoms with Crippen molar-refractivity contribution in [1.82, 2.24) is 10.3 Å². The smallest absolute Gasteiger partial charge is 0.271 e. The molecule has 1 aromatic heterocycles. The van der Waals surface area contributed by atoms with Crippen LogP contribution in [0.2, 0.25) is 0 Å². The molecule has 1 fully saturated rings. The number of halogens is 1. The van der Waals surface area contributed by atoms with E-state index in [2.05, 4.69) is 15.6 Å². The third-order valence-corrected chi connectivity index (χ3v) is 4.17. The Morgan fingerprint density at radius 3 is 3.05 bits per heavy atom. The first-order chi connectivity index (χ1) is 9.22. The quantitative estimate of drug-likeness (QED) is 0.672. The monoisotopic (exact) mass is 314 g/mol. The van der Waals surface area contributed by atoms with Crippen molar-refractivity contribution >= 4 is 44.8 Å². The van der Waals surface area contributed by atoms with E-state index in [0.717, 1.165) is 35.8 Å². The normalized spacial score (nSPS) is 18.5. The van der Waals surface area contributed by atoms with Crippen LogP contribution < -0.4 is 10.6 Å². The second kappa shape index (κ2) is 6.34. The highest BCUT2D eigenvalue weighted by Gasteiger charge is 2.15. The van der Waals surface area contributed by atoms with Gasteiger partial charge in [0.2, 0.25) is 0 Å². The van der Waals surface area contributed by atoms with Crippen LogP contribution in [-0.2, 0) is 0 Å². The molecule has 0 bridgehead atoms. The van der Waals surface area contributed by atoms with Crippen molar-refractivity contribution in [3.05, 3.63) is 28.3 Å². The van der Waals surface area contributed by atoms with E-state index in [1.54, 1.807) is 6.07 Å². The standard InChI is InChI=1S/C12H14N4O2S.ClH/c17-16(18)9-3-4-11-10(6-9)15-12(19-11)14-8-2-1-5-13-7-8;/h3-4,6,8,13H,1-2,5,7H2,(H,14,15);1H. The summed E-state index contributed by atoms with van der Waals surface area (Å²) in [6.07, 6.45) is 2.29. The summed E-state index contributed by atoms with van der Waals surface area (Å²) in [6.45, 7) is 2.01. The second-order valence-corrected chi connectivity index (χ2v) is 5.65. The summed E-state index contributed by atoms with van der Waals surface area (Å²) in [5, 5.41) is 18.3. The number of nitro benzene ring substituents is 1. The van der Waals surface area contributed by atoms with Crippen molar-refractivity contribution in [2.75, 3.05) is 18.4 Å². The number of rotatable bonds is 3. The van der Waals surface area contributed by atoms with E-state index < -0.39 is 4.92 Å². The summed E-state index contributed by atoms with van der Waals surface area (Å²) < 4.78 is 0.969. The van der Waals surface area contributed by atoms with Gasteiger partial charge >= 0.3 is 0 Å². The van der Waals surface area contributed by atoms with Crippen molar-refractivity contribution in [3.8, 4) is 0 Å². The lowest BCUT2D eigenvalue weighted by molar-refractivity contribution is -0.384. The van der Waals surface area contributed by atoms with Gasteiger partial charge in [-0.15, -0.1) is 12.4 Å². The highest BCUT2D eigenvalue weighted by Crippen LogP contribution is 2.29. The number of thiazole rings is 1. The summed E-state index contributed by atoms with van der Waals surface area (Å²) in [4.78, 5) is 14.8. The van der Waals surface area contributed by atoms with E-state index in [9.17, 15) is 10.1 Å². The number of nitrogens with zero attached hydrogens (tertiary/aromatic N) is 2. The first-order valence-electron chi connectivity index (χ1n) is 6.24. The average molecular weight is 315 g/mol. The minimum absolute atomic E-state index is 0. The van der Waals surface area contributed by atoms with Crippen LogP contribution >= 0.6 is 23.7 Å². The van der Waals surface area contributed by atoms with E-state index in [4.69, 9.17) is 0 Å². The van der Waals surface area contributed by atoms with Gasteiger partial charge in [0.05, 0.1) is 15.1 Å². The topological polar surface area (TPSA) is 80.1 Å². The predicted molar refractivity (Wildman–Crippen MR) is 83.0 cm³/mol. The van der Waals surface area contributed by atoms with Gasteiger partial charge in [-0.2, -0.15) is 0 Å². The first kappa shape index (κ1) is 15.0. The second-order valence-electron chi connectivity index (χ2n) is 4.62. The molecular weight excluding hydrogens is 300 g/mol. The fourth-order valence-electron chi connectivity index (χ4n) is 2.24. The molecule has 2 N–H and O–H groups in total. The van der Waals surface area contributed by atoms with E-state index in [1.165, 1.54) is 23.5 Å². The Balaban J connectivity index is 0.00000147. The number of benzene rings is 1. The van der Waals surface area contributed by atoms with Gasteiger partial charge in [-0.3, -0.25) is 10.1 Å². The molecule has 1 aliphatic rings. The molecule has 108 valence electrons. The van der Waals surface area contributed by atoms with Crippen LogP contribution in [0.25, 0.3) is 10.2 Å². The van der Waals surface area contributed by atoms with Gasteiger partial charge < -0.3 is 10.6 Å². The Hall–Kier alpha value is -1.44. The van der Waals surface area contributed by atoms with Crippen LogP contribution in [0.1, 0.15) is 12.8 Å². The van der Waals surface area contributed by atoms with Crippen LogP contribution in [0.3, 0.4) is 0 Å². The SMILES string of the molecule is Cl.O=[N+]([O-])c1ccc2sc(NC3CCCNC3)nc2c1. The lowest BCUT2D eigenvalue weighted by Crippen LogP contribution is -2.38. The minimum Gasteiger partial charge on any atom is -0.357 e. The molecule has 1 aromatic carbocycles. The van der Waals surface area contributed by atoms with Crippen LogP contribution in [0.5, 0.6) is 0 Å². The van der Waals surface area contributed by atoms with E-state index >= 15 is 0 Å². The molecule has 1 aliphatic heterocycles. The summed E-state index contributed by atoms with van der Waals surface area (Å²) in [7, 11) is 0. The third-order valence-electron chi connectivity index (χ3n) is 3.21. The zero-order chi connectivity index (χ0) is 13.2. The maximum atomic E-state index is 10.7. The lowest BCUT2D eigenvalue weighted by Gasteiger charge is -2.23. The fourth-order valence-corrected chi connectivity index (χ4v) is 3.16. The molecule has 1 atom stereocenters. The zero-order valence-corrected chi connectivity index (χ0v) is 12.3. The number of non-ortho nitro benzene ring substituents is 1. The van der Waals surface area contributed by atoms with Gasteiger partial charge in [-0.1, -0.05) is 11.3 Å². The Morgan fingerprint density at radius 2 is 2.35 bits per heavy atom. The molecule has 6 nitrogen and oxygen atoms in total. The van der Waals surface area contributed by atoms with E-state index in [-0.39, 0.29) is 18.1 Å². The molecule has 0 radical (unpaired) electrons. The van der Waals surface area contributed by atoms with Crippen LogP contribution in [0.15, 0.2) is 18.2 Å². The number of aromatic nitrogens is 1. The van der Waals surface area contributed by atoms with E-state index in [0.29, 0.717) is 11.6 Å². The molecule has 2 heterocycles. The minimum atomic E-state index is -0.392. The summed E-state index contributed by atoms with van der Waals surface area (Å²) >= 11 is 1.54. The molecule has 0 spiro atoms. The van der Waals surface area contributed by atoms with Gasteiger partial charge in [-0.05, 0) is 25.5 Å². The van der Waals surface area contributed by atoms with Crippen molar-refractivity contribution in [1.29, 1.82) is 0 Å². The Bertz CT molecular complexity index is 613. The Morgan fingerprint density at radius 1 is 1.50 bits per heavy atom. The third kappa shape index (κ3) is 3.17. The molecule has 8 heteroatoms. The summed E-state index contributed by atoms with van der Waals surface area (Å²) in [5.74, 6) is 0. The molecular formula is C12H15ClN4O2S. The molecule has 0 aliphatic carbocycles. The maximum Gasteiger partial charge on any atom is 0.271 e. The number of fused-ring (bicyclic) bond motifs is 1. The lowest BCUT2D eigenvalue weighted by atomic mass is 10.1. The van der Waals surface area contributed by atoms with Crippen LogP contribution in [0, 0.1) is 10.1 Å². The molecule has 2 aromatic rings. The predicted octanol–water partition coefficient (Wildman–Crippen LogP) is 2.79. The molecule has 20 heavy (non-hydrogen) atoms. The van der Waals surface area contributed by atoms with Gasteiger partial charge in [-0.25, -0.2) is 4.98 Å². The number of hydrogen-bond acceptors (Lipinski definition) is 6. The maximum absolute atomic E-state index is 10.7. The molecule has 3 rings (SSSR count). The van der Waals surface area contributed by atoms with Gasteiger partial charge in [0.25, 0.3) is 5.69 Å². The Labute approximate surface area is 126 Å². The number of nitrogens with one attached hydrogen (secondary N) is 2. The largest absolute Gasteiger partial charge is 0.357 e. The highest BCUT2D eigenvalue weighted by molar-refractivity contribution is 7.22. The zero-order valence-electron chi connectivity index (χ0n) is 10.7. The van der Waals surface area contributed by atoms with Crippen LogP contribution in [0.4, 0.5) is 10.8 Å². The van der Waals surface area contributed by atoms with Crippen molar-refractivity contribution < 1.29 is 4.92 Å². The Kier molecular flexibility index (Phi) is 4.74. The van der Waals surface area contributed by atoms with Gasteiger partial charge in [0.1, 0.15) is 0 Å². The molecule has 1 saturated heterocycles. The summed E-state index contributed by atoms with van der Waals surface area (Å²) in [5.41, 5.74) is 0.772. The first-order valence-corrected chi connectivity index (χ1v) is 7.06. The summed E-state index contributed by atoms with van der Waals surface area (Å²) in [6, 6.07) is 5.20. The molecule has 0 saturated carbocycles. The van der Waals surface area contributed by atoms with Crippen molar-refractivity contribution in [2.24, 2.45) is 0 Å².